The highest BCUT2D eigenvalue weighted by atomic mass is 16.1. The molecular formula is C26H20N6O. The van der Waals surface area contributed by atoms with E-state index in [9.17, 15) is 20.6 Å². The molecule has 7 nitrogen and oxygen atoms in total. The van der Waals surface area contributed by atoms with E-state index in [-0.39, 0.29) is 23.3 Å². The summed E-state index contributed by atoms with van der Waals surface area (Å²) in [5.41, 5.74) is 0.195. The Kier molecular flexibility index (Phi) is 5.30. The number of rotatable bonds is 3. The molecule has 1 atom stereocenters. The molecule has 0 bridgehead atoms. The summed E-state index contributed by atoms with van der Waals surface area (Å²) < 4.78 is 3.20. The molecule has 0 fully saturated rings. The van der Waals surface area contributed by atoms with E-state index < -0.39 is 11.3 Å². The van der Waals surface area contributed by atoms with Crippen LogP contribution in [0.25, 0.3) is 11.3 Å². The lowest BCUT2D eigenvalue weighted by atomic mass is 9.61. The van der Waals surface area contributed by atoms with Crippen LogP contribution >= 0.6 is 0 Å². The first-order chi connectivity index (χ1) is 15.9. The van der Waals surface area contributed by atoms with Gasteiger partial charge in [0.1, 0.15) is 6.07 Å². The van der Waals surface area contributed by atoms with E-state index in [2.05, 4.69) is 0 Å². The smallest absolute Gasteiger partial charge is 0.275 e. The molecule has 1 N–H and O–H groups in total. The fourth-order valence-corrected chi connectivity index (χ4v) is 4.61. The standard InChI is InChI=1S/C26H20N6O/c1-17-23(25(33)32(31(17)2)19-11-7-4-8-12-19)22-13-20(18-9-5-3-6-10-18)21(14-27)24(30)26(22,15-28)16-29/h3-12,22,30H,13H2,1-2H3. The molecule has 33 heavy (non-hydrogen) atoms. The topological polar surface area (TPSA) is 122 Å². The van der Waals surface area contributed by atoms with Crippen molar-refractivity contribution in [3.05, 3.63) is 93.4 Å². The molecule has 160 valence electrons. The van der Waals surface area contributed by atoms with E-state index >= 15 is 0 Å². The predicted octanol–water partition coefficient (Wildman–Crippen LogP) is 4.00. The van der Waals surface area contributed by atoms with Gasteiger partial charge in [-0.1, -0.05) is 48.5 Å². The van der Waals surface area contributed by atoms with Crippen molar-refractivity contribution >= 4 is 11.3 Å². The minimum absolute atomic E-state index is 0.0116. The Morgan fingerprint density at radius 3 is 2.12 bits per heavy atom. The van der Waals surface area contributed by atoms with E-state index in [1.165, 1.54) is 4.68 Å². The Balaban J connectivity index is 2.02. The second kappa shape index (κ2) is 8.11. The molecule has 3 aromatic rings. The van der Waals surface area contributed by atoms with Crippen molar-refractivity contribution in [2.45, 2.75) is 19.3 Å². The molecule has 1 aliphatic carbocycles. The van der Waals surface area contributed by atoms with Gasteiger partial charge in [0.25, 0.3) is 5.56 Å². The van der Waals surface area contributed by atoms with Crippen molar-refractivity contribution in [3.63, 3.8) is 0 Å². The van der Waals surface area contributed by atoms with Gasteiger partial charge in [-0.05, 0) is 36.6 Å². The van der Waals surface area contributed by atoms with Crippen molar-refractivity contribution in [2.75, 3.05) is 0 Å². The van der Waals surface area contributed by atoms with Gasteiger partial charge in [-0.3, -0.25) is 9.48 Å². The van der Waals surface area contributed by atoms with Gasteiger partial charge >= 0.3 is 0 Å². The minimum Gasteiger partial charge on any atom is -0.301 e. The number of para-hydroxylation sites is 1. The zero-order valence-electron chi connectivity index (χ0n) is 18.2. The monoisotopic (exact) mass is 432 g/mol. The number of nitrogens with zero attached hydrogens (tertiary/aromatic N) is 5. The molecule has 0 amide bonds. The third-order valence-corrected chi connectivity index (χ3v) is 6.41. The largest absolute Gasteiger partial charge is 0.301 e. The van der Waals surface area contributed by atoms with Gasteiger partial charge < -0.3 is 5.41 Å². The van der Waals surface area contributed by atoms with Gasteiger partial charge in [-0.2, -0.15) is 15.8 Å². The molecule has 4 rings (SSSR count). The lowest BCUT2D eigenvalue weighted by Crippen LogP contribution is -2.41. The molecule has 2 aromatic carbocycles. The van der Waals surface area contributed by atoms with E-state index in [1.807, 2.05) is 66.7 Å². The Bertz CT molecular complexity index is 1460. The van der Waals surface area contributed by atoms with E-state index in [4.69, 9.17) is 5.41 Å². The quantitative estimate of drug-likeness (QED) is 0.672. The molecule has 0 radical (unpaired) electrons. The van der Waals surface area contributed by atoms with Crippen LogP contribution in [0.2, 0.25) is 0 Å². The Morgan fingerprint density at radius 1 is 1.00 bits per heavy atom. The molecule has 1 heterocycles. The summed E-state index contributed by atoms with van der Waals surface area (Å²) in [7, 11) is 1.75. The second-order valence-corrected chi connectivity index (χ2v) is 7.97. The van der Waals surface area contributed by atoms with Crippen LogP contribution in [0.4, 0.5) is 0 Å². The van der Waals surface area contributed by atoms with Crippen LogP contribution in [0.15, 0.2) is 71.0 Å². The first-order valence-electron chi connectivity index (χ1n) is 10.4. The summed E-state index contributed by atoms with van der Waals surface area (Å²) in [4.78, 5) is 13.7. The highest BCUT2D eigenvalue weighted by molar-refractivity contribution is 6.15. The SMILES string of the molecule is Cc1c(C2CC(c3ccccc3)=C(C#N)C(=N)C2(C#N)C#N)c(=O)n(-c2ccccc2)n1C. The fraction of sp³-hybridized carbons (Fsp3) is 0.192. The molecule has 0 saturated heterocycles. The van der Waals surface area contributed by atoms with Gasteiger partial charge in [0, 0.05) is 24.2 Å². The number of nitriles is 3. The zero-order chi connectivity index (χ0) is 23.8. The summed E-state index contributed by atoms with van der Waals surface area (Å²) in [6, 6.07) is 24.3. The number of hydrogen-bond donors (Lipinski definition) is 1. The van der Waals surface area contributed by atoms with Crippen molar-refractivity contribution in [1.82, 2.24) is 9.36 Å². The third-order valence-electron chi connectivity index (χ3n) is 6.41. The second-order valence-electron chi connectivity index (χ2n) is 7.97. The lowest BCUT2D eigenvalue weighted by Gasteiger charge is -2.35. The Morgan fingerprint density at radius 2 is 1.58 bits per heavy atom. The summed E-state index contributed by atoms with van der Waals surface area (Å²) in [6.07, 6.45) is 0.116. The average Bonchev–Trinajstić information content (AvgIpc) is 3.07. The summed E-state index contributed by atoms with van der Waals surface area (Å²) in [5.74, 6) is -0.907. The van der Waals surface area contributed by atoms with Crippen molar-refractivity contribution in [3.8, 4) is 23.9 Å². The van der Waals surface area contributed by atoms with Crippen LogP contribution in [-0.4, -0.2) is 15.1 Å². The summed E-state index contributed by atoms with van der Waals surface area (Å²) >= 11 is 0. The van der Waals surface area contributed by atoms with Crippen LogP contribution < -0.4 is 5.56 Å². The first kappa shape index (κ1) is 21.6. The Labute approximate surface area is 191 Å². The number of aromatic nitrogens is 2. The van der Waals surface area contributed by atoms with Gasteiger partial charge in [0.2, 0.25) is 0 Å². The van der Waals surface area contributed by atoms with Crippen LogP contribution in [0.3, 0.4) is 0 Å². The van der Waals surface area contributed by atoms with E-state index in [0.717, 1.165) is 5.56 Å². The molecule has 7 heteroatoms. The molecule has 0 aliphatic heterocycles. The van der Waals surface area contributed by atoms with Crippen molar-refractivity contribution in [1.29, 1.82) is 21.2 Å². The maximum Gasteiger partial charge on any atom is 0.275 e. The molecule has 1 unspecified atom stereocenters. The van der Waals surface area contributed by atoms with Gasteiger partial charge in [-0.15, -0.1) is 0 Å². The maximum atomic E-state index is 13.7. The lowest BCUT2D eigenvalue weighted by molar-refractivity contribution is 0.523. The van der Waals surface area contributed by atoms with Crippen LogP contribution in [0.5, 0.6) is 0 Å². The summed E-state index contributed by atoms with van der Waals surface area (Å²) in [6.45, 7) is 1.77. The van der Waals surface area contributed by atoms with Crippen LogP contribution in [0, 0.1) is 51.7 Å². The normalized spacial score (nSPS) is 17.2. The van der Waals surface area contributed by atoms with Gasteiger partial charge in [0.05, 0.1) is 29.1 Å². The highest BCUT2D eigenvalue weighted by Crippen LogP contribution is 2.49. The zero-order valence-corrected chi connectivity index (χ0v) is 18.2. The first-order valence-corrected chi connectivity index (χ1v) is 10.4. The highest BCUT2D eigenvalue weighted by Gasteiger charge is 2.52. The summed E-state index contributed by atoms with van der Waals surface area (Å²) in [5, 5.41) is 38.8. The van der Waals surface area contributed by atoms with Gasteiger partial charge in [0.15, 0.2) is 5.41 Å². The average molecular weight is 432 g/mol. The molecule has 1 aromatic heterocycles. The number of hydrogen-bond acceptors (Lipinski definition) is 5. The third kappa shape index (κ3) is 3.09. The molecule has 0 saturated carbocycles. The van der Waals surface area contributed by atoms with Crippen LogP contribution in [0.1, 0.15) is 29.2 Å². The van der Waals surface area contributed by atoms with Crippen LogP contribution in [-0.2, 0) is 7.05 Å². The minimum atomic E-state index is -1.96. The van der Waals surface area contributed by atoms with Gasteiger partial charge in [-0.25, -0.2) is 4.68 Å². The maximum absolute atomic E-state index is 13.7. The number of nitrogens with one attached hydrogen (secondary N) is 1. The number of allylic oxidation sites excluding steroid dienone is 2. The fourth-order valence-electron chi connectivity index (χ4n) is 4.61. The van der Waals surface area contributed by atoms with E-state index in [0.29, 0.717) is 22.5 Å². The Hall–Kier alpha value is -4.67. The number of benzene rings is 2. The van der Waals surface area contributed by atoms with Crippen molar-refractivity contribution in [2.24, 2.45) is 12.5 Å². The molecule has 1 aliphatic rings. The predicted molar refractivity (Wildman–Crippen MR) is 123 cm³/mol. The molecule has 0 spiro atoms. The van der Waals surface area contributed by atoms with Crippen molar-refractivity contribution < 1.29 is 0 Å². The molecular weight excluding hydrogens is 412 g/mol. The van der Waals surface area contributed by atoms with E-state index in [1.54, 1.807) is 30.8 Å².